The molecular formula is C13H9NO2. The Balaban J connectivity index is 2.86. The van der Waals surface area contributed by atoms with E-state index in [0.717, 1.165) is 16.2 Å². The van der Waals surface area contributed by atoms with Gasteiger partial charge in [-0.05, 0) is 11.5 Å². The molecule has 1 heterocycles. The molecule has 0 amide bonds. The van der Waals surface area contributed by atoms with Crippen LogP contribution in [0.4, 0.5) is 0 Å². The molecule has 3 rings (SSSR count). The lowest BCUT2D eigenvalue weighted by molar-refractivity contribution is 0.170. The van der Waals surface area contributed by atoms with Crippen LogP contribution in [0, 0.1) is 0 Å². The van der Waals surface area contributed by atoms with Crippen LogP contribution in [0.15, 0.2) is 41.2 Å². The second kappa shape index (κ2) is 2.85. The Bertz CT molecular complexity index is 739. The highest BCUT2D eigenvalue weighted by molar-refractivity contribution is 6.09. The van der Waals surface area contributed by atoms with Crippen LogP contribution in [0.25, 0.3) is 28.1 Å². The zero-order chi connectivity index (χ0) is 11.3. The van der Waals surface area contributed by atoms with Gasteiger partial charge in [-0.15, -0.1) is 4.73 Å². The summed E-state index contributed by atoms with van der Waals surface area (Å²) in [6.07, 6.45) is 0. The largest absolute Gasteiger partial charge is 0.425 e. The molecule has 3 nitrogen and oxygen atoms in total. The molecule has 3 heteroatoms. The third kappa shape index (κ3) is 0.945. The average molecular weight is 211 g/mol. The number of aromatic nitrogens is 1. The predicted molar refractivity (Wildman–Crippen MR) is 63.6 cm³/mol. The fourth-order valence-electron chi connectivity index (χ4n) is 2.11. The van der Waals surface area contributed by atoms with Gasteiger partial charge in [0.05, 0.1) is 10.7 Å². The topological polar surface area (TPSA) is 42.2 Å². The van der Waals surface area contributed by atoms with E-state index in [0.29, 0.717) is 15.5 Å². The summed E-state index contributed by atoms with van der Waals surface area (Å²) in [4.78, 5) is 11.8. The molecule has 16 heavy (non-hydrogen) atoms. The highest BCUT2D eigenvalue weighted by atomic mass is 16.5. The second-order valence-corrected chi connectivity index (χ2v) is 3.77. The SMILES string of the molecule is C=c1c2cccc3cccc(c(=O)n1O)c32. The molecule has 0 aliphatic carbocycles. The Kier molecular flexibility index (Phi) is 1.60. The summed E-state index contributed by atoms with van der Waals surface area (Å²) in [5, 5.41) is 13.1. The third-order valence-electron chi connectivity index (χ3n) is 2.89. The first-order chi connectivity index (χ1) is 7.70. The van der Waals surface area contributed by atoms with E-state index in [1.54, 1.807) is 12.1 Å². The number of pyridine rings is 1. The molecule has 0 aliphatic heterocycles. The first kappa shape index (κ1) is 8.97. The minimum atomic E-state index is -0.422. The van der Waals surface area contributed by atoms with Gasteiger partial charge >= 0.3 is 0 Å². The molecule has 0 bridgehead atoms. The Morgan fingerprint density at radius 2 is 1.69 bits per heavy atom. The minimum absolute atomic E-state index is 0.328. The first-order valence-corrected chi connectivity index (χ1v) is 4.94. The van der Waals surface area contributed by atoms with E-state index in [1.807, 2.05) is 24.3 Å². The monoisotopic (exact) mass is 211 g/mol. The van der Waals surface area contributed by atoms with Gasteiger partial charge in [-0.2, -0.15) is 0 Å². The zero-order valence-electron chi connectivity index (χ0n) is 8.47. The van der Waals surface area contributed by atoms with E-state index in [1.165, 1.54) is 0 Å². The van der Waals surface area contributed by atoms with Crippen molar-refractivity contribution >= 4 is 28.1 Å². The van der Waals surface area contributed by atoms with E-state index >= 15 is 0 Å². The Labute approximate surface area is 90.8 Å². The molecule has 0 radical (unpaired) electrons. The van der Waals surface area contributed by atoms with Crippen molar-refractivity contribution in [2.75, 3.05) is 0 Å². The lowest BCUT2D eigenvalue weighted by atomic mass is 10.0. The van der Waals surface area contributed by atoms with Crippen molar-refractivity contribution < 1.29 is 5.21 Å². The van der Waals surface area contributed by atoms with Gasteiger partial charge in [0, 0.05) is 10.8 Å². The molecule has 0 unspecified atom stereocenters. The highest BCUT2D eigenvalue weighted by Gasteiger charge is 2.08. The van der Waals surface area contributed by atoms with E-state index in [4.69, 9.17) is 0 Å². The molecular weight excluding hydrogens is 202 g/mol. The van der Waals surface area contributed by atoms with E-state index < -0.39 is 5.56 Å². The van der Waals surface area contributed by atoms with Crippen LogP contribution in [0.3, 0.4) is 0 Å². The maximum Gasteiger partial charge on any atom is 0.291 e. The summed E-state index contributed by atoms with van der Waals surface area (Å²) in [7, 11) is 0. The second-order valence-electron chi connectivity index (χ2n) is 3.77. The maximum atomic E-state index is 11.8. The number of rotatable bonds is 0. The number of nitrogens with zero attached hydrogens (tertiary/aromatic N) is 1. The molecule has 0 spiro atoms. The predicted octanol–water partition coefficient (Wildman–Crippen LogP) is 1.52. The van der Waals surface area contributed by atoms with Crippen LogP contribution in [0.2, 0.25) is 0 Å². The van der Waals surface area contributed by atoms with Gasteiger partial charge in [0.25, 0.3) is 5.56 Å². The van der Waals surface area contributed by atoms with Crippen LogP contribution >= 0.6 is 0 Å². The minimum Gasteiger partial charge on any atom is -0.425 e. The molecule has 78 valence electrons. The van der Waals surface area contributed by atoms with Crippen LogP contribution in [-0.4, -0.2) is 9.94 Å². The van der Waals surface area contributed by atoms with Crippen molar-refractivity contribution in [2.45, 2.75) is 0 Å². The normalized spacial score (nSPS) is 11.2. The van der Waals surface area contributed by atoms with Crippen molar-refractivity contribution in [1.29, 1.82) is 0 Å². The van der Waals surface area contributed by atoms with Gasteiger partial charge in [-0.25, -0.2) is 0 Å². The third-order valence-corrected chi connectivity index (χ3v) is 2.89. The molecule has 0 fully saturated rings. The van der Waals surface area contributed by atoms with Crippen LogP contribution in [0.5, 0.6) is 0 Å². The molecule has 1 aromatic heterocycles. The molecule has 0 aliphatic rings. The summed E-state index contributed by atoms with van der Waals surface area (Å²) < 4.78 is 0.608. The van der Waals surface area contributed by atoms with Crippen molar-refractivity contribution in [3.63, 3.8) is 0 Å². The van der Waals surface area contributed by atoms with Gasteiger partial charge < -0.3 is 5.21 Å². The van der Waals surface area contributed by atoms with Gasteiger partial charge in [0.2, 0.25) is 0 Å². The summed E-state index contributed by atoms with van der Waals surface area (Å²) in [6.45, 7) is 3.72. The van der Waals surface area contributed by atoms with E-state index in [2.05, 4.69) is 6.58 Å². The van der Waals surface area contributed by atoms with Crippen molar-refractivity contribution in [3.05, 3.63) is 52.1 Å². The van der Waals surface area contributed by atoms with Crippen LogP contribution < -0.4 is 10.9 Å². The quantitative estimate of drug-likeness (QED) is 0.573. The van der Waals surface area contributed by atoms with Crippen molar-refractivity contribution in [1.82, 2.24) is 4.73 Å². The molecule has 1 N–H and O–H groups in total. The van der Waals surface area contributed by atoms with Crippen molar-refractivity contribution in [2.24, 2.45) is 0 Å². The van der Waals surface area contributed by atoms with Crippen LogP contribution in [0.1, 0.15) is 0 Å². The summed E-state index contributed by atoms with van der Waals surface area (Å²) in [6, 6.07) is 11.1. The lowest BCUT2D eigenvalue weighted by Crippen LogP contribution is -2.31. The number of hydrogen-bond donors (Lipinski definition) is 1. The smallest absolute Gasteiger partial charge is 0.291 e. The van der Waals surface area contributed by atoms with Gasteiger partial charge in [-0.1, -0.05) is 36.9 Å². The molecule has 0 saturated heterocycles. The first-order valence-electron chi connectivity index (χ1n) is 4.94. The Morgan fingerprint density at radius 3 is 2.38 bits per heavy atom. The fourth-order valence-corrected chi connectivity index (χ4v) is 2.11. The standard InChI is InChI=1S/C13H9NO2/c1-8-10-6-2-4-9-5-3-7-11(12(9)10)13(15)14(8)16/h2-7,16H,1H2. The summed E-state index contributed by atoms with van der Waals surface area (Å²) in [5.41, 5.74) is -0.422. The molecule has 0 atom stereocenters. The summed E-state index contributed by atoms with van der Waals surface area (Å²) >= 11 is 0. The molecule has 3 aromatic rings. The van der Waals surface area contributed by atoms with Gasteiger partial charge in [0.1, 0.15) is 0 Å². The van der Waals surface area contributed by atoms with Gasteiger partial charge in [-0.3, -0.25) is 4.79 Å². The summed E-state index contributed by atoms with van der Waals surface area (Å²) in [5.74, 6) is 0. The zero-order valence-corrected chi connectivity index (χ0v) is 8.47. The molecule has 0 saturated carbocycles. The Morgan fingerprint density at radius 1 is 1.06 bits per heavy atom. The average Bonchev–Trinajstić information content (AvgIpc) is 2.33. The highest BCUT2D eigenvalue weighted by Crippen LogP contribution is 2.21. The Hall–Kier alpha value is -2.29. The maximum absolute atomic E-state index is 11.8. The van der Waals surface area contributed by atoms with Gasteiger partial charge in [0.15, 0.2) is 0 Å². The van der Waals surface area contributed by atoms with E-state index in [9.17, 15) is 10.0 Å². The lowest BCUT2D eigenvalue weighted by Gasteiger charge is -2.07. The van der Waals surface area contributed by atoms with Crippen molar-refractivity contribution in [3.8, 4) is 0 Å². The van der Waals surface area contributed by atoms with Crippen LogP contribution in [-0.2, 0) is 0 Å². The fraction of sp³-hybridized carbons (Fsp3) is 0. The van der Waals surface area contributed by atoms with E-state index in [-0.39, 0.29) is 0 Å². The number of benzene rings is 2. The number of hydrogen-bond acceptors (Lipinski definition) is 2. The molecule has 2 aromatic carbocycles.